The van der Waals surface area contributed by atoms with Gasteiger partial charge in [-0.15, -0.1) is 11.3 Å². The number of para-hydroxylation sites is 1. The summed E-state index contributed by atoms with van der Waals surface area (Å²) in [6.45, 7) is 2.93. The predicted molar refractivity (Wildman–Crippen MR) is 72.3 cm³/mol. The van der Waals surface area contributed by atoms with E-state index < -0.39 is 0 Å². The van der Waals surface area contributed by atoms with Crippen molar-refractivity contribution in [1.82, 2.24) is 4.98 Å². The summed E-state index contributed by atoms with van der Waals surface area (Å²) in [6.07, 6.45) is 0.296. The molecule has 0 aliphatic carbocycles. The topological polar surface area (TPSA) is 48.4 Å². The normalized spacial score (nSPS) is 13.3. The largest absolute Gasteiger partial charge is 0.486 e. The lowest BCUT2D eigenvalue weighted by Gasteiger charge is -2.20. The Labute approximate surface area is 115 Å². The summed E-state index contributed by atoms with van der Waals surface area (Å²) in [7, 11) is 0. The van der Waals surface area contributed by atoms with Gasteiger partial charge in [0.15, 0.2) is 17.3 Å². The average Bonchev–Trinajstić information content (AvgIpc) is 2.83. The van der Waals surface area contributed by atoms with E-state index in [9.17, 15) is 4.79 Å². The van der Waals surface area contributed by atoms with Crippen molar-refractivity contribution in [2.24, 2.45) is 0 Å². The predicted octanol–water partition coefficient (Wildman–Crippen LogP) is 2.65. The van der Waals surface area contributed by atoms with Gasteiger partial charge in [-0.1, -0.05) is 6.07 Å². The number of benzene rings is 1. The Hall–Kier alpha value is -1.88. The van der Waals surface area contributed by atoms with Crippen LogP contribution in [0.4, 0.5) is 0 Å². The molecule has 0 N–H and O–H groups in total. The molecule has 1 aromatic heterocycles. The van der Waals surface area contributed by atoms with Crippen LogP contribution in [0.3, 0.4) is 0 Å². The van der Waals surface area contributed by atoms with Crippen LogP contribution in [0.1, 0.15) is 21.1 Å². The van der Waals surface area contributed by atoms with E-state index >= 15 is 0 Å². The Morgan fingerprint density at radius 1 is 1.37 bits per heavy atom. The summed E-state index contributed by atoms with van der Waals surface area (Å²) < 4.78 is 11.0. The maximum Gasteiger partial charge on any atom is 0.172 e. The second kappa shape index (κ2) is 5.01. The number of Topliss-reactive ketones (excluding diaryl/α,β-unsaturated/α-hetero) is 1. The molecule has 1 aliphatic heterocycles. The van der Waals surface area contributed by atoms with Gasteiger partial charge >= 0.3 is 0 Å². The third kappa shape index (κ3) is 2.46. The van der Waals surface area contributed by atoms with Crippen LogP contribution in [0.25, 0.3) is 0 Å². The van der Waals surface area contributed by atoms with Crippen LogP contribution in [0.5, 0.6) is 11.5 Å². The number of ether oxygens (including phenoxy) is 2. The van der Waals surface area contributed by atoms with Gasteiger partial charge in [-0.3, -0.25) is 4.79 Å². The van der Waals surface area contributed by atoms with E-state index in [4.69, 9.17) is 9.47 Å². The summed E-state index contributed by atoms with van der Waals surface area (Å²) >= 11 is 1.55. The van der Waals surface area contributed by atoms with E-state index in [1.54, 1.807) is 17.4 Å². The Kier molecular flexibility index (Phi) is 3.21. The van der Waals surface area contributed by atoms with Crippen LogP contribution in [0.2, 0.25) is 0 Å². The minimum Gasteiger partial charge on any atom is -0.486 e. The highest BCUT2D eigenvalue weighted by molar-refractivity contribution is 7.09. The van der Waals surface area contributed by atoms with Crippen molar-refractivity contribution < 1.29 is 14.3 Å². The van der Waals surface area contributed by atoms with Gasteiger partial charge in [0.25, 0.3) is 0 Å². The summed E-state index contributed by atoms with van der Waals surface area (Å²) in [5.74, 6) is 1.21. The lowest BCUT2D eigenvalue weighted by molar-refractivity contribution is 0.0981. The SMILES string of the molecule is Cc1nc(CC(=O)c2cccc3c2OCCO3)cs1. The first-order valence-corrected chi connectivity index (χ1v) is 6.95. The van der Waals surface area contributed by atoms with Gasteiger partial charge in [0.05, 0.1) is 22.7 Å². The molecule has 3 rings (SSSR count). The van der Waals surface area contributed by atoms with Crippen molar-refractivity contribution in [3.8, 4) is 11.5 Å². The van der Waals surface area contributed by atoms with Crippen molar-refractivity contribution in [2.45, 2.75) is 13.3 Å². The number of thiazole rings is 1. The molecule has 0 spiro atoms. The second-order valence-corrected chi connectivity index (χ2v) is 5.35. The number of fused-ring (bicyclic) bond motifs is 1. The van der Waals surface area contributed by atoms with E-state index in [-0.39, 0.29) is 5.78 Å². The van der Waals surface area contributed by atoms with Gasteiger partial charge in [0.2, 0.25) is 0 Å². The fourth-order valence-electron chi connectivity index (χ4n) is 2.04. The highest BCUT2D eigenvalue weighted by Crippen LogP contribution is 2.34. The Balaban J connectivity index is 1.87. The van der Waals surface area contributed by atoms with E-state index in [2.05, 4.69) is 4.98 Å². The smallest absolute Gasteiger partial charge is 0.172 e. The maximum atomic E-state index is 12.3. The molecular weight excluding hydrogens is 262 g/mol. The van der Waals surface area contributed by atoms with Crippen molar-refractivity contribution >= 4 is 17.1 Å². The van der Waals surface area contributed by atoms with Crippen molar-refractivity contribution in [1.29, 1.82) is 0 Å². The van der Waals surface area contributed by atoms with Crippen molar-refractivity contribution in [3.05, 3.63) is 39.8 Å². The fourth-order valence-corrected chi connectivity index (χ4v) is 2.66. The zero-order valence-electron chi connectivity index (χ0n) is 10.5. The molecule has 0 saturated heterocycles. The number of aryl methyl sites for hydroxylation is 1. The number of hydrogen-bond acceptors (Lipinski definition) is 5. The van der Waals surface area contributed by atoms with Gasteiger partial charge in [0, 0.05) is 5.38 Å². The molecule has 98 valence electrons. The molecule has 2 heterocycles. The van der Waals surface area contributed by atoms with E-state index in [0.29, 0.717) is 36.7 Å². The molecule has 1 aliphatic rings. The minimum absolute atomic E-state index is 0.00708. The molecule has 0 fully saturated rings. The second-order valence-electron chi connectivity index (χ2n) is 4.29. The molecule has 2 aromatic rings. The molecule has 0 atom stereocenters. The quantitative estimate of drug-likeness (QED) is 0.808. The average molecular weight is 275 g/mol. The Morgan fingerprint density at radius 3 is 3.00 bits per heavy atom. The van der Waals surface area contributed by atoms with Crippen LogP contribution in [0.15, 0.2) is 23.6 Å². The number of aromatic nitrogens is 1. The molecule has 0 amide bonds. The summed E-state index contributed by atoms with van der Waals surface area (Å²) in [4.78, 5) is 16.6. The lowest BCUT2D eigenvalue weighted by atomic mass is 10.1. The van der Waals surface area contributed by atoms with E-state index in [1.807, 2.05) is 24.4 Å². The highest BCUT2D eigenvalue weighted by Gasteiger charge is 2.20. The van der Waals surface area contributed by atoms with Crippen LogP contribution >= 0.6 is 11.3 Å². The van der Waals surface area contributed by atoms with Crippen molar-refractivity contribution in [2.75, 3.05) is 13.2 Å². The number of ketones is 1. The molecule has 1 aromatic carbocycles. The van der Waals surface area contributed by atoms with Gasteiger partial charge in [-0.05, 0) is 19.1 Å². The van der Waals surface area contributed by atoms with Crippen LogP contribution in [-0.4, -0.2) is 24.0 Å². The van der Waals surface area contributed by atoms with Crippen LogP contribution in [-0.2, 0) is 6.42 Å². The summed E-state index contributed by atoms with van der Waals surface area (Å²) in [6, 6.07) is 5.40. The molecule has 4 nitrogen and oxygen atoms in total. The van der Waals surface area contributed by atoms with E-state index in [1.165, 1.54) is 0 Å². The zero-order valence-corrected chi connectivity index (χ0v) is 11.3. The fraction of sp³-hybridized carbons (Fsp3) is 0.286. The van der Waals surface area contributed by atoms with Gasteiger partial charge in [0.1, 0.15) is 13.2 Å². The third-order valence-corrected chi connectivity index (χ3v) is 3.70. The molecule has 19 heavy (non-hydrogen) atoms. The van der Waals surface area contributed by atoms with Gasteiger partial charge in [-0.25, -0.2) is 4.98 Å². The summed E-state index contributed by atoms with van der Waals surface area (Å²) in [5.41, 5.74) is 1.38. The van der Waals surface area contributed by atoms with Crippen LogP contribution < -0.4 is 9.47 Å². The first kappa shape index (κ1) is 12.2. The maximum absolute atomic E-state index is 12.3. The standard InChI is InChI=1S/C14H13NO3S/c1-9-15-10(8-19-9)7-12(16)11-3-2-4-13-14(11)18-6-5-17-13/h2-4,8H,5-7H2,1H3. The molecule has 0 bridgehead atoms. The van der Waals surface area contributed by atoms with E-state index in [0.717, 1.165) is 10.7 Å². The lowest BCUT2D eigenvalue weighted by Crippen LogP contribution is -2.18. The molecule has 5 heteroatoms. The number of carbonyl (C=O) groups excluding carboxylic acids is 1. The monoisotopic (exact) mass is 275 g/mol. The number of carbonyl (C=O) groups is 1. The van der Waals surface area contributed by atoms with Crippen molar-refractivity contribution in [3.63, 3.8) is 0 Å². The Bertz CT molecular complexity index is 621. The number of nitrogens with zero attached hydrogens (tertiary/aromatic N) is 1. The highest BCUT2D eigenvalue weighted by atomic mass is 32.1. The molecule has 0 radical (unpaired) electrons. The minimum atomic E-state index is 0.00708. The van der Waals surface area contributed by atoms with Gasteiger partial charge in [-0.2, -0.15) is 0 Å². The number of hydrogen-bond donors (Lipinski definition) is 0. The summed E-state index contributed by atoms with van der Waals surface area (Å²) in [5, 5.41) is 2.89. The molecule has 0 saturated carbocycles. The van der Waals surface area contributed by atoms with Crippen LogP contribution in [0, 0.1) is 6.92 Å². The molecular formula is C14H13NO3S. The number of rotatable bonds is 3. The third-order valence-electron chi connectivity index (χ3n) is 2.87. The molecule has 0 unspecified atom stereocenters. The van der Waals surface area contributed by atoms with Gasteiger partial charge < -0.3 is 9.47 Å². The zero-order chi connectivity index (χ0) is 13.2. The first-order chi connectivity index (χ1) is 9.24. The Morgan fingerprint density at radius 2 is 2.21 bits per heavy atom. The first-order valence-electron chi connectivity index (χ1n) is 6.07.